The van der Waals surface area contributed by atoms with Crippen LogP contribution in [0.15, 0.2) is 126 Å². The Morgan fingerprint density at radius 1 is 0.719 bits per heavy atom. The summed E-state index contributed by atoms with van der Waals surface area (Å²) in [5.41, 5.74) is 13.0. The van der Waals surface area contributed by atoms with Crippen LogP contribution in [0.25, 0.3) is 11.1 Å². The van der Waals surface area contributed by atoms with E-state index >= 15 is 0 Å². The van der Waals surface area contributed by atoms with Gasteiger partial charge in [-0.1, -0.05) is 104 Å². The molecule has 0 unspecified atom stereocenters. The molecule has 0 radical (unpaired) electrons. The highest BCUT2D eigenvalue weighted by Gasteiger charge is 2.32. The molecular weight excluding hydrogens is 739 g/mol. The molecule has 1 aliphatic heterocycles. The number of amides is 2. The van der Waals surface area contributed by atoms with E-state index < -0.39 is 12.3 Å². The Morgan fingerprint density at radius 2 is 1.42 bits per heavy atom. The van der Waals surface area contributed by atoms with Gasteiger partial charge in [0.1, 0.15) is 0 Å². The number of rotatable bonds is 18. The van der Waals surface area contributed by atoms with Gasteiger partial charge in [-0.15, -0.1) is 11.8 Å². The summed E-state index contributed by atoms with van der Waals surface area (Å²) in [4.78, 5) is 37.3. The fourth-order valence-electron chi connectivity index (χ4n) is 6.71. The van der Waals surface area contributed by atoms with E-state index in [2.05, 4.69) is 16.7 Å². The minimum absolute atomic E-state index is 0.0000217. The second-order valence-electron chi connectivity index (χ2n) is 14.1. The second kappa shape index (κ2) is 20.6. The van der Waals surface area contributed by atoms with Gasteiger partial charge in [0.25, 0.3) is 0 Å². The van der Waals surface area contributed by atoms with Crippen LogP contribution in [0.4, 0.5) is 11.4 Å². The summed E-state index contributed by atoms with van der Waals surface area (Å²) in [5, 5.41) is 25.1. The molecule has 5 aromatic carbocycles. The third kappa shape index (κ3) is 12.0. The van der Waals surface area contributed by atoms with Crippen LogP contribution in [0.2, 0.25) is 0 Å². The van der Waals surface area contributed by atoms with E-state index in [0.29, 0.717) is 47.8 Å². The number of para-hydroxylation sites is 2. The van der Waals surface area contributed by atoms with Crippen molar-refractivity contribution in [3.05, 3.63) is 149 Å². The number of nitrogens with one attached hydrogen (secondary N) is 2. The van der Waals surface area contributed by atoms with Gasteiger partial charge in [-0.2, -0.15) is 0 Å². The zero-order valence-electron chi connectivity index (χ0n) is 31.8. The van der Waals surface area contributed by atoms with E-state index in [4.69, 9.17) is 15.2 Å². The minimum atomic E-state index is -0.963. The Balaban J connectivity index is 0.999. The van der Waals surface area contributed by atoms with Crippen LogP contribution in [-0.2, 0) is 32.2 Å². The molecule has 1 fully saturated rings. The summed E-state index contributed by atoms with van der Waals surface area (Å²) < 4.78 is 13.0. The Kier molecular flexibility index (Phi) is 14.9. The van der Waals surface area contributed by atoms with Gasteiger partial charge in [-0.3, -0.25) is 9.59 Å². The summed E-state index contributed by atoms with van der Waals surface area (Å²) >= 11 is 1.46. The highest BCUT2D eigenvalue weighted by Crippen LogP contribution is 2.40. The van der Waals surface area contributed by atoms with Crippen molar-refractivity contribution < 1.29 is 34.1 Å². The van der Waals surface area contributed by atoms with E-state index in [-0.39, 0.29) is 36.2 Å². The molecule has 1 heterocycles. The molecule has 296 valence electrons. The third-order valence-electron chi connectivity index (χ3n) is 9.88. The predicted molar refractivity (Wildman–Crippen MR) is 223 cm³/mol. The number of nitrogen functional groups attached to an aromatic ring is 1. The number of hydrogen-bond donors (Lipinski definition) is 5. The molecule has 0 aliphatic carbocycles. The molecule has 1 aliphatic rings. The van der Waals surface area contributed by atoms with E-state index in [0.717, 1.165) is 59.1 Å². The maximum absolute atomic E-state index is 12.6. The Bertz CT molecular complexity index is 2110. The highest BCUT2D eigenvalue weighted by atomic mass is 32.2. The lowest BCUT2D eigenvalue weighted by Crippen LogP contribution is -2.31. The first-order valence-electron chi connectivity index (χ1n) is 19.3. The lowest BCUT2D eigenvalue weighted by atomic mass is 9.99. The number of benzene rings is 5. The number of anilines is 2. The molecule has 1 saturated heterocycles. The number of ether oxygens (including phenoxy) is 2. The number of aliphatic hydroxyl groups excluding tert-OH is 1. The number of carboxylic acids is 1. The van der Waals surface area contributed by atoms with Crippen LogP contribution in [0.1, 0.15) is 90.0 Å². The van der Waals surface area contributed by atoms with Gasteiger partial charge in [-0.05, 0) is 71.0 Å². The smallest absolute Gasteiger partial charge is 0.336 e. The Morgan fingerprint density at radius 3 is 2.16 bits per heavy atom. The normalized spacial score (nSPS) is 16.5. The van der Waals surface area contributed by atoms with Gasteiger partial charge in [0.15, 0.2) is 6.29 Å². The standard InChI is InChI=1S/C46H49N3O7S/c47-39-13-6-7-14-40(39)49-44(52)17-4-2-1-3-16-43(51)48-28-32-10-9-11-36(26-32)33-22-24-35(25-23-33)46-55-37(30-57-42-15-8-5-12-38(42)45(53)54)27-41(56-46)34-20-18-31(29-50)19-21-34/h5-15,18-26,37,41,46,50H,1-4,16-17,27-30,47H2,(H,48,51)(H,49,52)(H,53,54)/t37-,41+,46+/m1/s1. The van der Waals surface area contributed by atoms with Crippen LogP contribution in [0, 0.1) is 0 Å². The summed E-state index contributed by atoms with van der Waals surface area (Å²) in [7, 11) is 0. The Labute approximate surface area is 337 Å². The zero-order chi connectivity index (χ0) is 40.0. The van der Waals surface area contributed by atoms with Crippen molar-refractivity contribution in [3.63, 3.8) is 0 Å². The first kappa shape index (κ1) is 41.2. The number of aromatic carboxylic acids is 1. The lowest BCUT2D eigenvalue weighted by Gasteiger charge is -2.36. The largest absolute Gasteiger partial charge is 0.478 e. The molecule has 0 aromatic heterocycles. The number of unbranched alkanes of at least 4 members (excludes halogenated alkanes) is 3. The van der Waals surface area contributed by atoms with Crippen molar-refractivity contribution >= 4 is 40.9 Å². The van der Waals surface area contributed by atoms with Crippen LogP contribution in [0.3, 0.4) is 0 Å². The number of thioether (sulfide) groups is 1. The van der Waals surface area contributed by atoms with Gasteiger partial charge < -0.3 is 36.1 Å². The molecule has 57 heavy (non-hydrogen) atoms. The third-order valence-corrected chi connectivity index (χ3v) is 11.1. The van der Waals surface area contributed by atoms with Crippen molar-refractivity contribution in [2.75, 3.05) is 16.8 Å². The average molecular weight is 788 g/mol. The van der Waals surface area contributed by atoms with Gasteiger partial charge in [0, 0.05) is 42.0 Å². The summed E-state index contributed by atoms with van der Waals surface area (Å²) in [6, 6.07) is 38.1. The topological polar surface area (TPSA) is 160 Å². The van der Waals surface area contributed by atoms with E-state index in [1.807, 2.05) is 91.0 Å². The van der Waals surface area contributed by atoms with Crippen LogP contribution >= 0.6 is 11.8 Å². The average Bonchev–Trinajstić information content (AvgIpc) is 3.24. The maximum Gasteiger partial charge on any atom is 0.336 e. The van der Waals surface area contributed by atoms with Gasteiger partial charge in [0.05, 0.1) is 35.8 Å². The first-order valence-corrected chi connectivity index (χ1v) is 20.3. The van der Waals surface area contributed by atoms with Gasteiger partial charge in [-0.25, -0.2) is 4.79 Å². The van der Waals surface area contributed by atoms with E-state index in [9.17, 15) is 24.6 Å². The SMILES string of the molecule is Nc1ccccc1NC(=O)CCCCCCC(=O)NCc1cccc(-c2ccc([C@H]3O[C@@H](CSc4ccccc4C(=O)O)C[C@@H](c4ccc(CO)cc4)O3)cc2)c1. The molecule has 6 rings (SSSR count). The molecule has 5 aromatic rings. The number of hydrogen-bond acceptors (Lipinski definition) is 8. The van der Waals surface area contributed by atoms with E-state index in [1.165, 1.54) is 11.8 Å². The molecule has 6 N–H and O–H groups in total. The minimum Gasteiger partial charge on any atom is -0.478 e. The van der Waals surface area contributed by atoms with Crippen LogP contribution in [-0.4, -0.2) is 39.9 Å². The molecule has 10 nitrogen and oxygen atoms in total. The van der Waals surface area contributed by atoms with Gasteiger partial charge >= 0.3 is 5.97 Å². The molecule has 0 spiro atoms. The lowest BCUT2D eigenvalue weighted by molar-refractivity contribution is -0.245. The van der Waals surface area contributed by atoms with E-state index in [1.54, 1.807) is 24.3 Å². The number of carboxylic acid groups (broad SMARTS) is 1. The number of nitrogens with two attached hydrogens (primary N) is 1. The fourth-order valence-corrected chi connectivity index (χ4v) is 7.77. The quantitative estimate of drug-likeness (QED) is 0.0332. The Hall–Kier alpha value is -5.46. The first-order chi connectivity index (χ1) is 27.7. The molecular formula is C46H49N3O7S. The number of aliphatic hydroxyl groups is 1. The van der Waals surface area contributed by atoms with Crippen molar-refractivity contribution in [2.45, 2.75) is 81.5 Å². The van der Waals surface area contributed by atoms with Crippen molar-refractivity contribution in [3.8, 4) is 11.1 Å². The molecule has 11 heteroatoms. The monoisotopic (exact) mass is 787 g/mol. The number of carbonyl (C=O) groups is 3. The second-order valence-corrected chi connectivity index (χ2v) is 15.2. The molecule has 0 saturated carbocycles. The summed E-state index contributed by atoms with van der Waals surface area (Å²) in [6.45, 7) is 0.385. The van der Waals surface area contributed by atoms with Crippen LogP contribution < -0.4 is 16.4 Å². The zero-order valence-corrected chi connectivity index (χ0v) is 32.6. The van der Waals surface area contributed by atoms with Crippen molar-refractivity contribution in [1.29, 1.82) is 0 Å². The summed E-state index contributed by atoms with van der Waals surface area (Å²) in [6.07, 6.45) is 3.56. The van der Waals surface area contributed by atoms with Crippen molar-refractivity contribution in [1.82, 2.24) is 5.32 Å². The molecule has 3 atom stereocenters. The predicted octanol–water partition coefficient (Wildman–Crippen LogP) is 9.06. The molecule has 0 bridgehead atoms. The number of carbonyl (C=O) groups excluding carboxylic acids is 2. The highest BCUT2D eigenvalue weighted by molar-refractivity contribution is 7.99. The van der Waals surface area contributed by atoms with Crippen molar-refractivity contribution in [2.24, 2.45) is 0 Å². The maximum atomic E-state index is 12.6. The van der Waals surface area contributed by atoms with Crippen LogP contribution in [0.5, 0.6) is 0 Å². The summed E-state index contributed by atoms with van der Waals surface area (Å²) in [5.74, 6) is -0.478. The molecule has 2 amide bonds. The fraction of sp³-hybridized carbons (Fsp3) is 0.283. The van der Waals surface area contributed by atoms with Gasteiger partial charge in [0.2, 0.25) is 11.8 Å².